The first-order chi connectivity index (χ1) is 16.0. The number of amides is 3. The van der Waals surface area contributed by atoms with E-state index in [1.807, 2.05) is 0 Å². The second kappa shape index (κ2) is 9.44. The number of fused-ring (bicyclic) bond motifs is 1. The van der Waals surface area contributed by atoms with Crippen LogP contribution in [0.4, 0.5) is 17.1 Å². The highest BCUT2D eigenvalue weighted by molar-refractivity contribution is 6.18. The van der Waals surface area contributed by atoms with Crippen LogP contribution in [0.25, 0.3) is 0 Å². The molecule has 168 valence electrons. The van der Waals surface area contributed by atoms with E-state index in [1.54, 1.807) is 72.8 Å². The van der Waals surface area contributed by atoms with E-state index in [0.717, 1.165) is 0 Å². The Kier molecular flexibility index (Phi) is 6.26. The fraction of sp³-hybridized carbons (Fsp3) is 0.160. The number of carbonyl (C=O) groups excluding carboxylic acids is 3. The van der Waals surface area contributed by atoms with Crippen LogP contribution in [0.15, 0.2) is 72.8 Å². The van der Waals surface area contributed by atoms with Gasteiger partial charge in [-0.25, -0.2) is 0 Å². The normalized spacial score (nSPS) is 14.7. The summed E-state index contributed by atoms with van der Waals surface area (Å²) in [6.07, 6.45) is -0.251. The van der Waals surface area contributed by atoms with Gasteiger partial charge in [0.1, 0.15) is 17.5 Å². The fourth-order valence-electron chi connectivity index (χ4n) is 3.80. The van der Waals surface area contributed by atoms with Crippen LogP contribution < -0.4 is 25.0 Å². The lowest BCUT2D eigenvalue weighted by molar-refractivity contribution is -0.122. The third kappa shape index (κ3) is 4.36. The first kappa shape index (κ1) is 21.9. The molecule has 8 nitrogen and oxygen atoms in total. The topological polar surface area (TPSA) is 97.0 Å². The zero-order valence-electron chi connectivity index (χ0n) is 18.2. The average Bonchev–Trinajstić information content (AvgIpc) is 2.84. The number of hydrogen-bond donors (Lipinski definition) is 2. The number of benzene rings is 3. The van der Waals surface area contributed by atoms with Gasteiger partial charge in [0.25, 0.3) is 5.91 Å². The van der Waals surface area contributed by atoms with Crippen molar-refractivity contribution in [2.45, 2.75) is 12.5 Å². The molecular weight excluding hydrogens is 422 g/mol. The molecular formula is C25H23N3O5. The Morgan fingerprint density at radius 2 is 1.55 bits per heavy atom. The van der Waals surface area contributed by atoms with Gasteiger partial charge in [-0.05, 0) is 36.4 Å². The molecule has 1 heterocycles. The van der Waals surface area contributed by atoms with E-state index in [1.165, 1.54) is 19.1 Å². The summed E-state index contributed by atoms with van der Waals surface area (Å²) in [6.45, 7) is 0. The zero-order valence-corrected chi connectivity index (χ0v) is 18.2. The van der Waals surface area contributed by atoms with Crippen molar-refractivity contribution in [1.82, 2.24) is 0 Å². The molecule has 0 fully saturated rings. The van der Waals surface area contributed by atoms with E-state index in [0.29, 0.717) is 34.1 Å². The highest BCUT2D eigenvalue weighted by Crippen LogP contribution is 2.35. The van der Waals surface area contributed by atoms with Gasteiger partial charge >= 0.3 is 0 Å². The average molecular weight is 445 g/mol. The number of hydrogen-bond acceptors (Lipinski definition) is 5. The first-order valence-corrected chi connectivity index (χ1v) is 10.3. The Balaban J connectivity index is 1.68. The van der Waals surface area contributed by atoms with Gasteiger partial charge in [0.15, 0.2) is 0 Å². The smallest absolute Gasteiger partial charge is 0.262 e. The van der Waals surface area contributed by atoms with Crippen molar-refractivity contribution in [3.63, 3.8) is 0 Å². The lowest BCUT2D eigenvalue weighted by Crippen LogP contribution is -2.52. The predicted molar refractivity (Wildman–Crippen MR) is 125 cm³/mol. The predicted octanol–water partition coefficient (Wildman–Crippen LogP) is 3.70. The minimum atomic E-state index is -1.06. The quantitative estimate of drug-likeness (QED) is 0.603. The van der Waals surface area contributed by atoms with E-state index in [2.05, 4.69) is 10.6 Å². The van der Waals surface area contributed by atoms with Crippen molar-refractivity contribution in [3.8, 4) is 11.5 Å². The summed E-state index contributed by atoms with van der Waals surface area (Å²) in [5.41, 5.74) is 1.76. The van der Waals surface area contributed by atoms with Crippen LogP contribution in [0, 0.1) is 0 Å². The molecule has 0 saturated carbocycles. The molecule has 1 atom stereocenters. The molecule has 3 aromatic rings. The fourth-order valence-corrected chi connectivity index (χ4v) is 3.80. The number of anilines is 3. The van der Waals surface area contributed by atoms with Crippen molar-refractivity contribution in [1.29, 1.82) is 0 Å². The molecule has 0 saturated heterocycles. The summed E-state index contributed by atoms with van der Waals surface area (Å²) in [5.74, 6) is -0.455. The lowest BCUT2D eigenvalue weighted by Gasteiger charge is -2.36. The van der Waals surface area contributed by atoms with Crippen molar-refractivity contribution < 1.29 is 23.9 Å². The van der Waals surface area contributed by atoms with Crippen LogP contribution in [-0.4, -0.2) is 38.0 Å². The van der Waals surface area contributed by atoms with Gasteiger partial charge in [0, 0.05) is 0 Å². The molecule has 33 heavy (non-hydrogen) atoms. The molecule has 1 unspecified atom stereocenters. The number of carbonyl (C=O) groups is 3. The molecule has 0 spiro atoms. The summed E-state index contributed by atoms with van der Waals surface area (Å²) in [7, 11) is 2.98. The van der Waals surface area contributed by atoms with Crippen LogP contribution in [0.5, 0.6) is 11.5 Å². The minimum Gasteiger partial charge on any atom is -0.496 e. The molecule has 0 aromatic heterocycles. The minimum absolute atomic E-state index is 0.251. The zero-order chi connectivity index (χ0) is 23.4. The molecule has 3 amide bonds. The van der Waals surface area contributed by atoms with Gasteiger partial charge in [-0.3, -0.25) is 19.3 Å². The van der Waals surface area contributed by atoms with Crippen LogP contribution in [0.3, 0.4) is 0 Å². The molecule has 0 bridgehead atoms. The standard InChI is InChI=1S/C25H23N3O5/c1-32-21-13-7-3-9-16(21)25(31)28-19-12-6-4-10-17(19)27-24(30)20(28)15-23(29)26-18-11-5-8-14-22(18)33-2/h3-14,20H,15H2,1-2H3,(H,26,29)(H,27,30). The summed E-state index contributed by atoms with van der Waals surface area (Å²) >= 11 is 0. The van der Waals surface area contributed by atoms with Crippen molar-refractivity contribution in [2.24, 2.45) is 0 Å². The molecule has 1 aliphatic rings. The lowest BCUT2D eigenvalue weighted by atomic mass is 10.0. The van der Waals surface area contributed by atoms with Gasteiger partial charge < -0.3 is 20.1 Å². The maximum atomic E-state index is 13.7. The number of ether oxygens (including phenoxy) is 2. The molecule has 2 N–H and O–H groups in total. The van der Waals surface area contributed by atoms with Crippen molar-refractivity contribution in [3.05, 3.63) is 78.4 Å². The third-order valence-corrected chi connectivity index (χ3v) is 5.35. The third-order valence-electron chi connectivity index (χ3n) is 5.35. The Morgan fingerprint density at radius 1 is 0.909 bits per heavy atom. The Morgan fingerprint density at radius 3 is 2.30 bits per heavy atom. The largest absolute Gasteiger partial charge is 0.496 e. The number of para-hydroxylation sites is 5. The highest BCUT2D eigenvalue weighted by atomic mass is 16.5. The Hall–Kier alpha value is -4.33. The Labute approximate surface area is 191 Å². The van der Waals surface area contributed by atoms with E-state index < -0.39 is 23.8 Å². The maximum absolute atomic E-state index is 13.7. The van der Waals surface area contributed by atoms with Crippen LogP contribution in [-0.2, 0) is 9.59 Å². The molecule has 0 radical (unpaired) electrons. The summed E-state index contributed by atoms with van der Waals surface area (Å²) < 4.78 is 10.6. The highest BCUT2D eigenvalue weighted by Gasteiger charge is 2.39. The van der Waals surface area contributed by atoms with Crippen molar-refractivity contribution >= 4 is 34.8 Å². The summed E-state index contributed by atoms with van der Waals surface area (Å²) in [6, 6.07) is 19.6. The Bertz CT molecular complexity index is 1210. The second-order valence-corrected chi connectivity index (χ2v) is 7.35. The number of nitrogens with one attached hydrogen (secondary N) is 2. The molecule has 8 heteroatoms. The summed E-state index contributed by atoms with van der Waals surface area (Å²) in [4.78, 5) is 41.0. The molecule has 3 aromatic carbocycles. The van der Waals surface area contributed by atoms with Crippen LogP contribution in [0.1, 0.15) is 16.8 Å². The van der Waals surface area contributed by atoms with Gasteiger partial charge in [-0.2, -0.15) is 0 Å². The monoisotopic (exact) mass is 445 g/mol. The van der Waals surface area contributed by atoms with E-state index in [4.69, 9.17) is 9.47 Å². The maximum Gasteiger partial charge on any atom is 0.262 e. The van der Waals surface area contributed by atoms with Gasteiger partial charge in [-0.1, -0.05) is 36.4 Å². The van der Waals surface area contributed by atoms with Gasteiger partial charge in [-0.15, -0.1) is 0 Å². The van der Waals surface area contributed by atoms with E-state index >= 15 is 0 Å². The second-order valence-electron chi connectivity index (χ2n) is 7.35. The SMILES string of the molecule is COc1ccccc1NC(=O)CC1C(=O)Nc2ccccc2N1C(=O)c1ccccc1OC. The van der Waals surface area contributed by atoms with E-state index in [9.17, 15) is 14.4 Å². The molecule has 1 aliphatic heterocycles. The number of methoxy groups -OCH3 is 2. The van der Waals surface area contributed by atoms with Crippen LogP contribution in [0.2, 0.25) is 0 Å². The van der Waals surface area contributed by atoms with Gasteiger partial charge in [0.2, 0.25) is 11.8 Å². The molecule has 0 aliphatic carbocycles. The van der Waals surface area contributed by atoms with Crippen molar-refractivity contribution in [2.75, 3.05) is 29.8 Å². The van der Waals surface area contributed by atoms with Crippen LogP contribution >= 0.6 is 0 Å². The first-order valence-electron chi connectivity index (χ1n) is 10.3. The summed E-state index contributed by atoms with van der Waals surface area (Å²) in [5, 5.41) is 5.57. The number of rotatable bonds is 6. The van der Waals surface area contributed by atoms with Gasteiger partial charge in [0.05, 0.1) is 43.3 Å². The van der Waals surface area contributed by atoms with E-state index in [-0.39, 0.29) is 6.42 Å². The molecule has 4 rings (SSSR count). The number of nitrogens with zero attached hydrogens (tertiary/aromatic N) is 1.